The van der Waals surface area contributed by atoms with Gasteiger partial charge in [-0.25, -0.2) is 8.42 Å². The molecule has 0 fully saturated rings. The number of hydrogen-bond acceptors (Lipinski definition) is 7. The van der Waals surface area contributed by atoms with Gasteiger partial charge in [0.2, 0.25) is 0 Å². The van der Waals surface area contributed by atoms with Crippen molar-refractivity contribution in [2.45, 2.75) is 4.90 Å². The summed E-state index contributed by atoms with van der Waals surface area (Å²) in [6.45, 7) is 2.62. The lowest BCUT2D eigenvalue weighted by Crippen LogP contribution is -2.36. The Morgan fingerprint density at radius 1 is 1.43 bits per heavy atom. The number of sulfonamides is 1. The average molecular weight is 344 g/mol. The van der Waals surface area contributed by atoms with Crippen LogP contribution >= 0.6 is 0 Å². The minimum absolute atomic E-state index is 0.138. The maximum absolute atomic E-state index is 12.6. The summed E-state index contributed by atoms with van der Waals surface area (Å²) in [5, 5.41) is 11.2. The summed E-state index contributed by atoms with van der Waals surface area (Å²) in [5.41, 5.74) is -0.650. The van der Waals surface area contributed by atoms with Crippen LogP contribution in [0.25, 0.3) is 0 Å². The summed E-state index contributed by atoms with van der Waals surface area (Å²) >= 11 is 0. The largest absolute Gasteiger partial charge is 0.497 e. The highest BCUT2D eigenvalue weighted by Crippen LogP contribution is 2.30. The molecule has 1 aromatic rings. The van der Waals surface area contributed by atoms with Crippen molar-refractivity contribution in [2.75, 3.05) is 27.3 Å². The van der Waals surface area contributed by atoms with Crippen molar-refractivity contribution in [3.8, 4) is 5.75 Å². The van der Waals surface area contributed by atoms with E-state index < -0.39 is 38.0 Å². The van der Waals surface area contributed by atoms with Crippen molar-refractivity contribution >= 4 is 21.7 Å². The van der Waals surface area contributed by atoms with E-state index in [-0.39, 0.29) is 12.3 Å². The fourth-order valence-electron chi connectivity index (χ4n) is 1.72. The standard InChI is InChI=1S/C13H16N2O7S/c1-4-7-14(9-13(16)22-3)23(19,20)12-6-5-10(21-2)8-11(12)15(17)18/h4-6,8H,1,7,9H2,2-3H3. The highest BCUT2D eigenvalue weighted by atomic mass is 32.2. The number of ether oxygens (including phenoxy) is 2. The molecule has 0 saturated heterocycles. The lowest BCUT2D eigenvalue weighted by molar-refractivity contribution is -0.387. The lowest BCUT2D eigenvalue weighted by atomic mass is 10.3. The molecule has 0 aliphatic rings. The first kappa shape index (κ1) is 18.6. The number of nitro groups is 1. The molecule has 0 atom stereocenters. The molecule has 0 bridgehead atoms. The first-order valence-electron chi connectivity index (χ1n) is 6.28. The summed E-state index contributed by atoms with van der Waals surface area (Å²) in [7, 11) is -1.90. The second-order valence-electron chi connectivity index (χ2n) is 4.25. The van der Waals surface area contributed by atoms with Crippen LogP contribution in [-0.2, 0) is 19.6 Å². The van der Waals surface area contributed by atoms with Crippen molar-refractivity contribution in [1.29, 1.82) is 0 Å². The van der Waals surface area contributed by atoms with E-state index in [9.17, 15) is 23.3 Å². The minimum Gasteiger partial charge on any atom is -0.497 e. The number of nitrogens with zero attached hydrogens (tertiary/aromatic N) is 2. The molecule has 23 heavy (non-hydrogen) atoms. The Bertz CT molecular complexity index is 715. The number of esters is 1. The van der Waals surface area contributed by atoms with E-state index in [0.29, 0.717) is 0 Å². The van der Waals surface area contributed by atoms with Gasteiger partial charge in [0.15, 0.2) is 4.90 Å². The zero-order valence-corrected chi connectivity index (χ0v) is 13.4. The van der Waals surface area contributed by atoms with Gasteiger partial charge in [-0.05, 0) is 12.1 Å². The van der Waals surface area contributed by atoms with Crippen LogP contribution in [0.1, 0.15) is 0 Å². The van der Waals surface area contributed by atoms with Crippen LogP contribution in [0.5, 0.6) is 5.75 Å². The fourth-order valence-corrected chi connectivity index (χ4v) is 3.22. The van der Waals surface area contributed by atoms with Crippen molar-refractivity contribution < 1.29 is 27.6 Å². The summed E-state index contributed by atoms with van der Waals surface area (Å²) in [4.78, 5) is 21.1. The van der Waals surface area contributed by atoms with E-state index in [0.717, 1.165) is 23.5 Å². The van der Waals surface area contributed by atoms with Gasteiger partial charge in [0, 0.05) is 6.54 Å². The summed E-state index contributed by atoms with van der Waals surface area (Å²) in [6, 6.07) is 3.33. The molecule has 0 heterocycles. The van der Waals surface area contributed by atoms with Gasteiger partial charge in [0.1, 0.15) is 12.3 Å². The zero-order chi connectivity index (χ0) is 17.6. The molecule has 0 spiro atoms. The first-order chi connectivity index (χ1) is 10.8. The molecule has 10 heteroatoms. The molecule has 0 saturated carbocycles. The Kier molecular flexibility index (Phi) is 6.22. The SMILES string of the molecule is C=CCN(CC(=O)OC)S(=O)(=O)c1ccc(OC)cc1[N+](=O)[O-]. The first-order valence-corrected chi connectivity index (χ1v) is 7.72. The van der Waals surface area contributed by atoms with Crippen LogP contribution in [0.4, 0.5) is 5.69 Å². The maximum atomic E-state index is 12.6. The minimum atomic E-state index is -4.31. The normalized spacial score (nSPS) is 11.1. The van der Waals surface area contributed by atoms with E-state index in [1.54, 1.807) is 0 Å². The smallest absolute Gasteiger partial charge is 0.321 e. The average Bonchev–Trinajstić information content (AvgIpc) is 2.53. The predicted octanol–water partition coefficient (Wildman–Crippen LogP) is 0.953. The van der Waals surface area contributed by atoms with Crippen LogP contribution in [-0.4, -0.2) is 50.9 Å². The number of rotatable bonds is 8. The lowest BCUT2D eigenvalue weighted by Gasteiger charge is -2.19. The highest BCUT2D eigenvalue weighted by molar-refractivity contribution is 7.89. The van der Waals surface area contributed by atoms with Crippen molar-refractivity contribution in [3.63, 3.8) is 0 Å². The third kappa shape index (κ3) is 4.27. The number of carbonyl (C=O) groups excluding carboxylic acids is 1. The summed E-state index contributed by atoms with van der Waals surface area (Å²) < 4.78 is 35.3. The van der Waals surface area contributed by atoms with Gasteiger partial charge in [-0.2, -0.15) is 4.31 Å². The van der Waals surface area contributed by atoms with Crippen LogP contribution in [0.2, 0.25) is 0 Å². The number of methoxy groups -OCH3 is 2. The third-order valence-electron chi connectivity index (χ3n) is 2.85. The molecule has 126 valence electrons. The summed E-state index contributed by atoms with van der Waals surface area (Å²) in [5.74, 6) is -0.662. The molecule has 0 radical (unpaired) electrons. The van der Waals surface area contributed by atoms with Gasteiger partial charge in [-0.3, -0.25) is 14.9 Å². The Hall–Kier alpha value is -2.46. The molecule has 0 aliphatic heterocycles. The number of hydrogen-bond donors (Lipinski definition) is 0. The molecule has 9 nitrogen and oxygen atoms in total. The molecular formula is C13H16N2O7S. The maximum Gasteiger partial charge on any atom is 0.321 e. The van der Waals surface area contributed by atoms with E-state index in [2.05, 4.69) is 11.3 Å². The van der Waals surface area contributed by atoms with Crippen LogP contribution in [0.3, 0.4) is 0 Å². The van der Waals surface area contributed by atoms with Gasteiger partial charge in [0.05, 0.1) is 25.2 Å². The molecule has 0 unspecified atom stereocenters. The number of benzene rings is 1. The summed E-state index contributed by atoms with van der Waals surface area (Å²) in [6.07, 6.45) is 1.26. The molecule has 0 aliphatic carbocycles. The predicted molar refractivity (Wildman–Crippen MR) is 80.6 cm³/mol. The quantitative estimate of drug-likeness (QED) is 0.298. The van der Waals surface area contributed by atoms with Gasteiger partial charge in [-0.1, -0.05) is 6.08 Å². The Morgan fingerprint density at radius 2 is 2.09 bits per heavy atom. The second-order valence-corrected chi connectivity index (χ2v) is 6.16. The van der Waals surface area contributed by atoms with E-state index in [1.165, 1.54) is 19.3 Å². The molecule has 0 N–H and O–H groups in total. The van der Waals surface area contributed by atoms with Crippen molar-refractivity contribution in [1.82, 2.24) is 4.31 Å². The molecular weight excluding hydrogens is 328 g/mol. The van der Waals surface area contributed by atoms with Gasteiger partial charge < -0.3 is 9.47 Å². The van der Waals surface area contributed by atoms with Crippen LogP contribution in [0, 0.1) is 10.1 Å². The van der Waals surface area contributed by atoms with Crippen molar-refractivity contribution in [2.24, 2.45) is 0 Å². The highest BCUT2D eigenvalue weighted by Gasteiger charge is 2.33. The molecule has 0 amide bonds. The van der Waals surface area contributed by atoms with Crippen LogP contribution in [0.15, 0.2) is 35.7 Å². The Morgan fingerprint density at radius 3 is 2.57 bits per heavy atom. The molecule has 0 aromatic heterocycles. The molecule has 1 aromatic carbocycles. The van der Waals surface area contributed by atoms with Crippen LogP contribution < -0.4 is 4.74 Å². The molecule has 1 rings (SSSR count). The van der Waals surface area contributed by atoms with E-state index >= 15 is 0 Å². The van der Waals surface area contributed by atoms with Gasteiger partial charge in [-0.15, -0.1) is 6.58 Å². The third-order valence-corrected chi connectivity index (χ3v) is 4.71. The van der Waals surface area contributed by atoms with E-state index in [1.807, 2.05) is 0 Å². The number of carbonyl (C=O) groups is 1. The zero-order valence-electron chi connectivity index (χ0n) is 12.6. The van der Waals surface area contributed by atoms with Gasteiger partial charge >= 0.3 is 5.97 Å². The Labute approximate surface area is 133 Å². The second kappa shape index (κ2) is 7.70. The fraction of sp³-hybridized carbons (Fsp3) is 0.308. The Balaban J connectivity index is 3.41. The van der Waals surface area contributed by atoms with Crippen molar-refractivity contribution in [3.05, 3.63) is 41.0 Å². The monoisotopic (exact) mass is 344 g/mol. The van der Waals surface area contributed by atoms with E-state index in [4.69, 9.17) is 4.74 Å². The number of nitro benzene ring substituents is 1. The topological polar surface area (TPSA) is 116 Å². The van der Waals surface area contributed by atoms with Gasteiger partial charge in [0.25, 0.3) is 15.7 Å².